The minimum absolute atomic E-state index is 0.281. The lowest BCUT2D eigenvalue weighted by atomic mass is 10.0. The molecule has 1 aliphatic heterocycles. The Morgan fingerprint density at radius 1 is 1.12 bits per heavy atom. The summed E-state index contributed by atoms with van der Waals surface area (Å²) >= 11 is 2.01. The van der Waals surface area contributed by atoms with Crippen LogP contribution in [0.5, 0.6) is 11.5 Å². The van der Waals surface area contributed by atoms with Crippen molar-refractivity contribution in [2.75, 3.05) is 38.2 Å². The second-order valence-corrected chi connectivity index (χ2v) is 9.85. The van der Waals surface area contributed by atoms with E-state index in [2.05, 4.69) is 33.4 Å². The van der Waals surface area contributed by atoms with Crippen LogP contribution in [-0.4, -0.2) is 59.1 Å². The first-order valence-corrected chi connectivity index (χ1v) is 12.6. The summed E-state index contributed by atoms with van der Waals surface area (Å²) in [5.74, 6) is 2.32. The third kappa shape index (κ3) is 5.30. The molecule has 0 radical (unpaired) electrons. The van der Waals surface area contributed by atoms with E-state index >= 15 is 0 Å². The smallest absolute Gasteiger partial charge is 0.496 e. The molecule has 0 amide bonds. The molecule has 0 aliphatic carbocycles. The van der Waals surface area contributed by atoms with Crippen molar-refractivity contribution in [3.05, 3.63) is 41.6 Å². The van der Waals surface area contributed by atoms with Crippen LogP contribution in [0, 0.1) is 13.8 Å². The van der Waals surface area contributed by atoms with E-state index in [4.69, 9.17) is 9.72 Å². The summed E-state index contributed by atoms with van der Waals surface area (Å²) in [4.78, 5) is 7.50. The first-order valence-electron chi connectivity index (χ1n) is 11.4. The number of rotatable bonds is 7. The Kier molecular flexibility index (Phi) is 7.33. The van der Waals surface area contributed by atoms with E-state index in [0.29, 0.717) is 17.3 Å². The summed E-state index contributed by atoms with van der Waals surface area (Å²) in [5.41, 5.74) is 5.28. The average molecular weight is 494 g/mol. The van der Waals surface area contributed by atoms with Crippen molar-refractivity contribution in [1.82, 2.24) is 14.5 Å². The SMILES string of the molecule is CCC(CN1CCSCC1)n1cc(C)c2nc(-c3ccc(OC(F)(F)F)cc3OC)c(C)cc21. The number of nitrogens with zero attached hydrogens (tertiary/aromatic N) is 3. The van der Waals surface area contributed by atoms with Crippen molar-refractivity contribution < 1.29 is 22.6 Å². The molecule has 34 heavy (non-hydrogen) atoms. The molecular formula is C25H30F3N3O2S. The third-order valence-electron chi connectivity index (χ3n) is 6.28. The maximum absolute atomic E-state index is 12.6. The highest BCUT2D eigenvalue weighted by Crippen LogP contribution is 2.37. The Balaban J connectivity index is 1.71. The minimum atomic E-state index is -4.76. The molecule has 3 heterocycles. The van der Waals surface area contributed by atoms with Crippen LogP contribution in [0.4, 0.5) is 13.2 Å². The van der Waals surface area contributed by atoms with E-state index in [1.54, 1.807) is 6.07 Å². The van der Waals surface area contributed by atoms with Crippen LogP contribution in [0.1, 0.15) is 30.5 Å². The van der Waals surface area contributed by atoms with Crippen LogP contribution >= 0.6 is 11.8 Å². The minimum Gasteiger partial charge on any atom is -0.496 e. The highest BCUT2D eigenvalue weighted by molar-refractivity contribution is 7.99. The number of alkyl halides is 3. The largest absolute Gasteiger partial charge is 0.573 e. The van der Waals surface area contributed by atoms with E-state index in [0.717, 1.165) is 48.2 Å². The molecule has 1 saturated heterocycles. The number of benzene rings is 1. The molecule has 9 heteroatoms. The fourth-order valence-corrected chi connectivity index (χ4v) is 5.54. The maximum Gasteiger partial charge on any atom is 0.573 e. The zero-order valence-electron chi connectivity index (χ0n) is 19.9. The van der Waals surface area contributed by atoms with E-state index < -0.39 is 6.36 Å². The molecule has 4 rings (SSSR count). The van der Waals surface area contributed by atoms with Crippen molar-refractivity contribution in [2.24, 2.45) is 0 Å². The number of halogens is 3. The number of thioether (sulfide) groups is 1. The van der Waals surface area contributed by atoms with Gasteiger partial charge in [-0.05, 0) is 49.6 Å². The van der Waals surface area contributed by atoms with Crippen LogP contribution in [0.25, 0.3) is 22.3 Å². The molecule has 0 saturated carbocycles. The number of methoxy groups -OCH3 is 1. The predicted octanol–water partition coefficient (Wildman–Crippen LogP) is 6.23. The molecule has 1 aliphatic rings. The van der Waals surface area contributed by atoms with Crippen LogP contribution in [0.2, 0.25) is 0 Å². The second kappa shape index (κ2) is 10.1. The van der Waals surface area contributed by atoms with Crippen LogP contribution < -0.4 is 9.47 Å². The van der Waals surface area contributed by atoms with Gasteiger partial charge in [-0.3, -0.25) is 4.90 Å². The molecule has 184 valence electrons. The Morgan fingerprint density at radius 3 is 2.50 bits per heavy atom. The molecule has 0 spiro atoms. The Morgan fingerprint density at radius 2 is 1.85 bits per heavy atom. The van der Waals surface area contributed by atoms with Gasteiger partial charge >= 0.3 is 6.36 Å². The highest BCUT2D eigenvalue weighted by atomic mass is 32.2. The number of hydrogen-bond donors (Lipinski definition) is 0. The number of ether oxygens (including phenoxy) is 2. The van der Waals surface area contributed by atoms with E-state index in [9.17, 15) is 13.2 Å². The van der Waals surface area contributed by atoms with Gasteiger partial charge in [0.2, 0.25) is 0 Å². The summed E-state index contributed by atoms with van der Waals surface area (Å²) < 4.78 is 49.7. The van der Waals surface area contributed by atoms with Crippen molar-refractivity contribution in [1.29, 1.82) is 0 Å². The number of aromatic nitrogens is 2. The van der Waals surface area contributed by atoms with Gasteiger partial charge in [-0.2, -0.15) is 11.8 Å². The molecule has 0 N–H and O–H groups in total. The van der Waals surface area contributed by atoms with Gasteiger partial charge in [-0.25, -0.2) is 4.98 Å². The summed E-state index contributed by atoms with van der Waals surface area (Å²) in [7, 11) is 1.43. The number of fused-ring (bicyclic) bond motifs is 1. The Bertz CT molecular complexity index is 1160. The lowest BCUT2D eigenvalue weighted by Crippen LogP contribution is -2.37. The van der Waals surface area contributed by atoms with E-state index in [-0.39, 0.29) is 11.5 Å². The molecule has 5 nitrogen and oxygen atoms in total. The van der Waals surface area contributed by atoms with Crippen LogP contribution in [0.15, 0.2) is 30.5 Å². The molecule has 2 aromatic heterocycles. The molecule has 0 bridgehead atoms. The maximum atomic E-state index is 12.6. The van der Waals surface area contributed by atoms with Crippen molar-refractivity contribution in [3.8, 4) is 22.8 Å². The fourth-order valence-electron chi connectivity index (χ4n) is 4.56. The van der Waals surface area contributed by atoms with Crippen molar-refractivity contribution in [3.63, 3.8) is 0 Å². The molecular weight excluding hydrogens is 463 g/mol. The normalized spacial score (nSPS) is 16.1. The van der Waals surface area contributed by atoms with Crippen LogP contribution in [-0.2, 0) is 0 Å². The zero-order valence-corrected chi connectivity index (χ0v) is 20.7. The molecule has 1 aromatic carbocycles. The highest BCUT2D eigenvalue weighted by Gasteiger charge is 2.31. The summed E-state index contributed by atoms with van der Waals surface area (Å²) in [6.07, 6.45) is -1.57. The van der Waals surface area contributed by atoms with Crippen molar-refractivity contribution >= 4 is 22.8 Å². The predicted molar refractivity (Wildman–Crippen MR) is 131 cm³/mol. The topological polar surface area (TPSA) is 39.5 Å². The fraction of sp³-hybridized carbons (Fsp3) is 0.480. The first kappa shape index (κ1) is 24.7. The number of pyridine rings is 1. The van der Waals surface area contributed by atoms with Gasteiger partial charge in [0.25, 0.3) is 0 Å². The van der Waals surface area contributed by atoms with Gasteiger partial charge < -0.3 is 14.0 Å². The van der Waals surface area contributed by atoms with Gasteiger partial charge in [0.1, 0.15) is 11.5 Å². The van der Waals surface area contributed by atoms with E-state index in [1.807, 2.05) is 25.6 Å². The average Bonchev–Trinajstić information content (AvgIpc) is 3.11. The quantitative estimate of drug-likeness (QED) is 0.390. The standard InChI is InChI=1S/C25H30F3N3O2S/c1-5-18(15-30-8-10-34-11-9-30)31-14-17(3)24-21(31)12-16(2)23(29-24)20-7-6-19(13-22(20)32-4)33-25(26,27)28/h6-7,12-14,18H,5,8-11,15H2,1-4H3. The summed E-state index contributed by atoms with van der Waals surface area (Å²) in [6, 6.07) is 6.57. The van der Waals surface area contributed by atoms with Crippen LogP contribution in [0.3, 0.4) is 0 Å². The van der Waals surface area contributed by atoms with E-state index in [1.165, 1.54) is 30.7 Å². The van der Waals surface area contributed by atoms with Gasteiger partial charge in [0.15, 0.2) is 0 Å². The monoisotopic (exact) mass is 493 g/mol. The van der Waals surface area contributed by atoms with Crippen molar-refractivity contribution in [2.45, 2.75) is 39.6 Å². The number of aryl methyl sites for hydroxylation is 2. The first-order chi connectivity index (χ1) is 16.2. The summed E-state index contributed by atoms with van der Waals surface area (Å²) in [6.45, 7) is 9.48. The Hall–Kier alpha value is -2.39. The lowest BCUT2D eigenvalue weighted by molar-refractivity contribution is -0.274. The second-order valence-electron chi connectivity index (χ2n) is 8.63. The van der Waals surface area contributed by atoms with Gasteiger partial charge in [0.05, 0.1) is 23.8 Å². The summed E-state index contributed by atoms with van der Waals surface area (Å²) in [5, 5.41) is 0. The molecule has 1 atom stereocenters. The number of hydrogen-bond acceptors (Lipinski definition) is 5. The Labute approximate surface area is 202 Å². The lowest BCUT2D eigenvalue weighted by Gasteiger charge is -2.31. The van der Waals surface area contributed by atoms with Gasteiger partial charge in [-0.15, -0.1) is 13.2 Å². The zero-order chi connectivity index (χ0) is 24.5. The molecule has 1 fully saturated rings. The van der Waals surface area contributed by atoms with Gasteiger partial charge in [-0.1, -0.05) is 6.92 Å². The molecule has 3 aromatic rings. The third-order valence-corrected chi connectivity index (χ3v) is 7.22. The van der Waals surface area contributed by atoms with Gasteiger partial charge in [0, 0.05) is 55.0 Å². The molecule has 1 unspecified atom stereocenters.